The smallest absolute Gasteiger partial charge is 0.259 e. The van der Waals surface area contributed by atoms with Gasteiger partial charge in [-0.2, -0.15) is 0 Å². The topological polar surface area (TPSA) is 71.1 Å². The van der Waals surface area contributed by atoms with E-state index in [1.807, 2.05) is 0 Å². The van der Waals surface area contributed by atoms with Gasteiger partial charge in [-0.15, -0.1) is 0 Å². The molecule has 2 amide bonds. The maximum absolute atomic E-state index is 12.1. The SMILES string of the molecule is CC(=O)Nc1ccccc1C(=O)Nc1ncc(Br)s1. The normalized spacial score (nSPS) is 10.0. The summed E-state index contributed by atoms with van der Waals surface area (Å²) in [5.41, 5.74) is 0.868. The van der Waals surface area contributed by atoms with Gasteiger partial charge in [0.2, 0.25) is 5.91 Å². The summed E-state index contributed by atoms with van der Waals surface area (Å²) in [4.78, 5) is 27.2. The Balaban J connectivity index is 2.21. The average Bonchev–Trinajstić information content (AvgIpc) is 2.74. The number of carbonyl (C=O) groups is 2. The van der Waals surface area contributed by atoms with Crippen LogP contribution in [0.2, 0.25) is 0 Å². The summed E-state index contributed by atoms with van der Waals surface area (Å²) in [6.07, 6.45) is 1.61. The van der Waals surface area contributed by atoms with Gasteiger partial charge in [0.15, 0.2) is 5.13 Å². The second-order valence-corrected chi connectivity index (χ2v) is 6.06. The Hall–Kier alpha value is -1.73. The Bertz CT molecular complexity index is 627. The molecule has 1 aromatic carbocycles. The van der Waals surface area contributed by atoms with Gasteiger partial charge in [0.1, 0.15) is 0 Å². The van der Waals surface area contributed by atoms with Crippen LogP contribution in [0, 0.1) is 0 Å². The zero-order chi connectivity index (χ0) is 13.8. The van der Waals surface area contributed by atoms with Gasteiger partial charge in [0.25, 0.3) is 5.91 Å². The lowest BCUT2D eigenvalue weighted by Gasteiger charge is -2.08. The Morgan fingerprint density at radius 3 is 2.63 bits per heavy atom. The van der Waals surface area contributed by atoms with Crippen molar-refractivity contribution in [2.24, 2.45) is 0 Å². The predicted octanol–water partition coefficient (Wildman–Crippen LogP) is 3.12. The summed E-state index contributed by atoms with van der Waals surface area (Å²) in [5, 5.41) is 5.79. The van der Waals surface area contributed by atoms with Crippen molar-refractivity contribution in [3.63, 3.8) is 0 Å². The van der Waals surface area contributed by atoms with E-state index in [-0.39, 0.29) is 11.8 Å². The third kappa shape index (κ3) is 3.62. The molecule has 0 saturated carbocycles. The summed E-state index contributed by atoms with van der Waals surface area (Å²) < 4.78 is 0.831. The Labute approximate surface area is 122 Å². The van der Waals surface area contributed by atoms with Crippen LogP contribution in [0.25, 0.3) is 0 Å². The van der Waals surface area contributed by atoms with E-state index < -0.39 is 0 Å². The van der Waals surface area contributed by atoms with E-state index in [4.69, 9.17) is 0 Å². The number of aromatic nitrogens is 1. The summed E-state index contributed by atoms with van der Waals surface area (Å²) in [6, 6.07) is 6.80. The fraction of sp³-hybridized carbons (Fsp3) is 0.0833. The summed E-state index contributed by atoms with van der Waals surface area (Å²) >= 11 is 4.59. The molecule has 2 aromatic rings. The van der Waals surface area contributed by atoms with Crippen LogP contribution in [0.4, 0.5) is 10.8 Å². The van der Waals surface area contributed by atoms with Gasteiger partial charge < -0.3 is 5.32 Å². The van der Waals surface area contributed by atoms with E-state index in [1.54, 1.807) is 30.5 Å². The molecule has 0 fully saturated rings. The standard InChI is InChI=1S/C12H10BrN3O2S/c1-7(17)15-9-5-3-2-4-8(9)11(18)16-12-14-6-10(13)19-12/h2-6H,1H3,(H,15,17)(H,14,16,18). The molecule has 19 heavy (non-hydrogen) atoms. The van der Waals surface area contributed by atoms with Gasteiger partial charge in [-0.25, -0.2) is 4.98 Å². The zero-order valence-corrected chi connectivity index (χ0v) is 12.3. The first kappa shape index (κ1) is 13.7. The minimum Gasteiger partial charge on any atom is -0.326 e. The van der Waals surface area contributed by atoms with Crippen molar-refractivity contribution >= 4 is 49.9 Å². The summed E-state index contributed by atoms with van der Waals surface area (Å²) in [6.45, 7) is 1.40. The molecule has 1 aromatic heterocycles. The van der Waals surface area contributed by atoms with Crippen LogP contribution >= 0.6 is 27.3 Å². The second kappa shape index (κ2) is 5.94. The Morgan fingerprint density at radius 1 is 1.26 bits per heavy atom. The lowest BCUT2D eigenvalue weighted by molar-refractivity contribution is -0.114. The largest absolute Gasteiger partial charge is 0.326 e. The number of thiazole rings is 1. The third-order valence-electron chi connectivity index (χ3n) is 2.18. The molecule has 0 aliphatic rings. The number of carbonyl (C=O) groups excluding carboxylic acids is 2. The van der Waals surface area contributed by atoms with Crippen LogP contribution in [0.5, 0.6) is 0 Å². The molecule has 0 spiro atoms. The van der Waals surface area contributed by atoms with Crippen molar-refractivity contribution in [3.05, 3.63) is 39.8 Å². The molecule has 7 heteroatoms. The first-order valence-electron chi connectivity index (χ1n) is 5.35. The van der Waals surface area contributed by atoms with Crippen LogP contribution in [0.3, 0.4) is 0 Å². The number of rotatable bonds is 3. The molecule has 2 rings (SSSR count). The van der Waals surface area contributed by atoms with E-state index in [2.05, 4.69) is 31.5 Å². The second-order valence-electron chi connectivity index (χ2n) is 3.65. The number of nitrogens with one attached hydrogen (secondary N) is 2. The highest BCUT2D eigenvalue weighted by molar-refractivity contribution is 9.11. The highest BCUT2D eigenvalue weighted by Gasteiger charge is 2.13. The molecule has 0 atom stereocenters. The molecular formula is C12H10BrN3O2S. The Morgan fingerprint density at radius 2 is 2.00 bits per heavy atom. The highest BCUT2D eigenvalue weighted by Crippen LogP contribution is 2.24. The van der Waals surface area contributed by atoms with Crippen molar-refractivity contribution in [1.82, 2.24) is 4.98 Å². The van der Waals surface area contributed by atoms with Gasteiger partial charge in [0, 0.05) is 6.92 Å². The quantitative estimate of drug-likeness (QED) is 0.902. The first-order valence-corrected chi connectivity index (χ1v) is 6.96. The third-order valence-corrected chi connectivity index (χ3v) is 3.57. The zero-order valence-electron chi connectivity index (χ0n) is 9.94. The number of halogens is 1. The maximum atomic E-state index is 12.1. The number of para-hydroxylation sites is 1. The van der Waals surface area contributed by atoms with Crippen LogP contribution in [-0.2, 0) is 4.79 Å². The van der Waals surface area contributed by atoms with E-state index in [0.29, 0.717) is 16.4 Å². The molecule has 1 heterocycles. The van der Waals surface area contributed by atoms with Crippen LogP contribution in [0.15, 0.2) is 34.2 Å². The summed E-state index contributed by atoms with van der Waals surface area (Å²) in [5.74, 6) is -0.538. The van der Waals surface area contributed by atoms with Crippen molar-refractivity contribution in [2.75, 3.05) is 10.6 Å². The van der Waals surface area contributed by atoms with Crippen LogP contribution in [0.1, 0.15) is 17.3 Å². The van der Waals surface area contributed by atoms with Crippen molar-refractivity contribution in [3.8, 4) is 0 Å². The molecule has 98 valence electrons. The van der Waals surface area contributed by atoms with Crippen molar-refractivity contribution < 1.29 is 9.59 Å². The number of anilines is 2. The molecule has 0 saturated heterocycles. The van der Waals surface area contributed by atoms with Crippen LogP contribution < -0.4 is 10.6 Å². The van der Waals surface area contributed by atoms with Gasteiger partial charge in [-0.1, -0.05) is 23.5 Å². The monoisotopic (exact) mass is 339 g/mol. The lowest BCUT2D eigenvalue weighted by atomic mass is 10.1. The highest BCUT2D eigenvalue weighted by atomic mass is 79.9. The van der Waals surface area contributed by atoms with Gasteiger partial charge in [-0.05, 0) is 28.1 Å². The fourth-order valence-electron chi connectivity index (χ4n) is 1.46. The minimum absolute atomic E-state index is 0.225. The van der Waals surface area contributed by atoms with Crippen molar-refractivity contribution in [2.45, 2.75) is 6.92 Å². The number of nitrogens with zero attached hydrogens (tertiary/aromatic N) is 1. The lowest BCUT2D eigenvalue weighted by Crippen LogP contribution is -2.16. The fourth-order valence-corrected chi connectivity index (χ4v) is 2.56. The maximum Gasteiger partial charge on any atom is 0.259 e. The molecule has 0 bridgehead atoms. The van der Waals surface area contributed by atoms with Gasteiger partial charge >= 0.3 is 0 Å². The molecular weight excluding hydrogens is 330 g/mol. The van der Waals surface area contributed by atoms with Crippen molar-refractivity contribution in [1.29, 1.82) is 0 Å². The number of benzene rings is 1. The Kier molecular flexibility index (Phi) is 4.28. The number of hydrogen-bond donors (Lipinski definition) is 2. The number of hydrogen-bond acceptors (Lipinski definition) is 4. The summed E-state index contributed by atoms with van der Waals surface area (Å²) in [7, 11) is 0. The molecule has 0 unspecified atom stereocenters. The van der Waals surface area contributed by atoms with E-state index >= 15 is 0 Å². The first-order chi connectivity index (χ1) is 9.06. The predicted molar refractivity (Wildman–Crippen MR) is 78.5 cm³/mol. The minimum atomic E-state index is -0.314. The van der Waals surface area contributed by atoms with E-state index in [0.717, 1.165) is 3.79 Å². The molecule has 0 aliphatic carbocycles. The molecule has 0 aliphatic heterocycles. The molecule has 0 radical (unpaired) electrons. The van der Waals surface area contributed by atoms with Crippen LogP contribution in [-0.4, -0.2) is 16.8 Å². The molecule has 5 nitrogen and oxygen atoms in total. The molecule has 2 N–H and O–H groups in total. The number of amides is 2. The van der Waals surface area contributed by atoms with E-state index in [1.165, 1.54) is 18.3 Å². The van der Waals surface area contributed by atoms with Gasteiger partial charge in [-0.3, -0.25) is 14.9 Å². The van der Waals surface area contributed by atoms with Gasteiger partial charge in [0.05, 0.1) is 21.2 Å². The average molecular weight is 340 g/mol. The van der Waals surface area contributed by atoms with E-state index in [9.17, 15) is 9.59 Å².